The number of ether oxygens (including phenoxy) is 3. The minimum atomic E-state index is -0.525. The van der Waals surface area contributed by atoms with Gasteiger partial charge < -0.3 is 14.2 Å². The molecular weight excluding hydrogens is 400 g/mol. The SMILES string of the molecule is CCC(C)C(C)(CC(C)(C)C)C(=O)Oc1ccc(OC(C)OCCC2CCCCC2)cc1. The molecule has 1 aromatic rings. The van der Waals surface area contributed by atoms with E-state index in [2.05, 4.69) is 34.6 Å². The summed E-state index contributed by atoms with van der Waals surface area (Å²) in [6, 6.07) is 7.29. The summed E-state index contributed by atoms with van der Waals surface area (Å²) in [6.45, 7) is 15.5. The van der Waals surface area contributed by atoms with Crippen LogP contribution >= 0.6 is 0 Å². The highest BCUT2D eigenvalue weighted by molar-refractivity contribution is 5.79. The normalized spacial score (nSPS) is 19.1. The Morgan fingerprint density at radius 1 is 1.00 bits per heavy atom. The molecule has 0 aromatic heterocycles. The zero-order valence-electron chi connectivity index (χ0n) is 21.5. The molecule has 3 unspecified atom stereocenters. The van der Waals surface area contributed by atoms with Crippen LogP contribution in [-0.2, 0) is 9.53 Å². The van der Waals surface area contributed by atoms with Crippen LogP contribution < -0.4 is 9.47 Å². The number of esters is 1. The Morgan fingerprint density at radius 3 is 2.16 bits per heavy atom. The van der Waals surface area contributed by atoms with Crippen LogP contribution in [0, 0.1) is 22.7 Å². The number of rotatable bonds is 11. The Hall–Kier alpha value is -1.55. The van der Waals surface area contributed by atoms with Crippen LogP contribution in [0.1, 0.15) is 99.8 Å². The van der Waals surface area contributed by atoms with Crippen molar-refractivity contribution >= 4 is 5.97 Å². The van der Waals surface area contributed by atoms with E-state index in [4.69, 9.17) is 14.2 Å². The molecule has 1 saturated carbocycles. The van der Waals surface area contributed by atoms with Crippen LogP contribution in [0.25, 0.3) is 0 Å². The van der Waals surface area contributed by atoms with Crippen molar-refractivity contribution in [2.45, 2.75) is 106 Å². The first kappa shape index (κ1) is 26.7. The molecule has 1 aliphatic carbocycles. The lowest BCUT2D eigenvalue weighted by atomic mass is 9.67. The Balaban J connectivity index is 1.87. The average Bonchev–Trinajstić information content (AvgIpc) is 2.74. The van der Waals surface area contributed by atoms with Crippen LogP contribution in [0.15, 0.2) is 24.3 Å². The second-order valence-corrected chi connectivity index (χ2v) is 11.2. The van der Waals surface area contributed by atoms with Gasteiger partial charge in [-0.05, 0) is 68.2 Å². The predicted octanol–water partition coefficient (Wildman–Crippen LogP) is 7.79. The van der Waals surface area contributed by atoms with E-state index >= 15 is 0 Å². The third-order valence-corrected chi connectivity index (χ3v) is 7.00. The fraction of sp³-hybridized carbons (Fsp3) is 0.750. The quantitative estimate of drug-likeness (QED) is 0.198. The van der Waals surface area contributed by atoms with E-state index in [9.17, 15) is 4.79 Å². The summed E-state index contributed by atoms with van der Waals surface area (Å²) in [7, 11) is 0. The molecule has 1 fully saturated rings. The van der Waals surface area contributed by atoms with E-state index in [0.717, 1.165) is 31.8 Å². The van der Waals surface area contributed by atoms with Crippen molar-refractivity contribution in [2.75, 3.05) is 6.61 Å². The summed E-state index contributed by atoms with van der Waals surface area (Å²) in [5.41, 5.74) is -0.481. The van der Waals surface area contributed by atoms with Crippen molar-refractivity contribution in [3.63, 3.8) is 0 Å². The van der Waals surface area contributed by atoms with Gasteiger partial charge in [-0.2, -0.15) is 0 Å². The van der Waals surface area contributed by atoms with E-state index in [1.54, 1.807) is 12.1 Å². The molecule has 0 spiro atoms. The standard InChI is InChI=1S/C28H46O4/c1-8-21(2)28(7,20-27(4,5)6)26(29)32-25-16-14-24(15-17-25)31-22(3)30-19-18-23-12-10-9-11-13-23/h14-17,21-23H,8-13,18-20H2,1-7H3. The maximum Gasteiger partial charge on any atom is 0.317 e. The third-order valence-electron chi connectivity index (χ3n) is 7.00. The molecule has 4 heteroatoms. The molecule has 182 valence electrons. The van der Waals surface area contributed by atoms with Crippen LogP contribution in [0.2, 0.25) is 0 Å². The van der Waals surface area contributed by atoms with Gasteiger partial charge in [0.05, 0.1) is 12.0 Å². The summed E-state index contributed by atoms with van der Waals surface area (Å²) in [6.07, 6.45) is 9.32. The lowest BCUT2D eigenvalue weighted by molar-refractivity contribution is -0.150. The molecule has 0 saturated heterocycles. The molecule has 0 bridgehead atoms. The van der Waals surface area contributed by atoms with Crippen LogP contribution in [0.3, 0.4) is 0 Å². The van der Waals surface area contributed by atoms with Gasteiger partial charge in [-0.3, -0.25) is 4.79 Å². The molecule has 2 rings (SSSR count). The van der Waals surface area contributed by atoms with Crippen molar-refractivity contribution in [2.24, 2.45) is 22.7 Å². The number of hydrogen-bond acceptors (Lipinski definition) is 4. The van der Waals surface area contributed by atoms with Gasteiger partial charge in [0.2, 0.25) is 0 Å². The summed E-state index contributed by atoms with van der Waals surface area (Å²) < 4.78 is 17.6. The van der Waals surface area contributed by atoms with Crippen molar-refractivity contribution < 1.29 is 19.0 Å². The van der Waals surface area contributed by atoms with E-state index in [-0.39, 0.29) is 23.6 Å². The Labute approximate surface area is 196 Å². The van der Waals surface area contributed by atoms with Crippen LogP contribution in [0.4, 0.5) is 0 Å². The minimum absolute atomic E-state index is 0.0437. The van der Waals surface area contributed by atoms with Gasteiger partial charge in [0.25, 0.3) is 0 Å². The second-order valence-electron chi connectivity index (χ2n) is 11.2. The molecule has 3 atom stereocenters. The average molecular weight is 447 g/mol. The molecule has 0 radical (unpaired) electrons. The van der Waals surface area contributed by atoms with Crippen molar-refractivity contribution in [3.05, 3.63) is 24.3 Å². The monoisotopic (exact) mass is 446 g/mol. The lowest BCUT2D eigenvalue weighted by Gasteiger charge is -2.37. The zero-order valence-corrected chi connectivity index (χ0v) is 21.5. The zero-order chi connectivity index (χ0) is 23.8. The van der Waals surface area contributed by atoms with Gasteiger partial charge >= 0.3 is 5.97 Å². The highest BCUT2D eigenvalue weighted by Crippen LogP contribution is 2.42. The largest absolute Gasteiger partial charge is 0.465 e. The van der Waals surface area contributed by atoms with Gasteiger partial charge in [0.15, 0.2) is 6.29 Å². The first-order chi connectivity index (χ1) is 15.0. The first-order valence-corrected chi connectivity index (χ1v) is 12.6. The molecule has 1 aromatic carbocycles. The summed E-state index contributed by atoms with van der Waals surface area (Å²) in [5, 5.41) is 0. The summed E-state index contributed by atoms with van der Waals surface area (Å²) in [4.78, 5) is 13.2. The minimum Gasteiger partial charge on any atom is -0.465 e. The van der Waals surface area contributed by atoms with E-state index < -0.39 is 5.41 Å². The Bertz CT molecular complexity index is 684. The molecule has 0 aliphatic heterocycles. The molecule has 32 heavy (non-hydrogen) atoms. The molecule has 1 aliphatic rings. The van der Waals surface area contributed by atoms with Gasteiger partial charge in [-0.15, -0.1) is 0 Å². The lowest BCUT2D eigenvalue weighted by Crippen LogP contribution is -2.40. The van der Waals surface area contributed by atoms with E-state index in [1.807, 2.05) is 26.0 Å². The fourth-order valence-electron chi connectivity index (χ4n) is 4.91. The van der Waals surface area contributed by atoms with Crippen LogP contribution in [-0.4, -0.2) is 18.9 Å². The molecule has 0 N–H and O–H groups in total. The number of carbonyl (C=O) groups is 1. The maximum absolute atomic E-state index is 13.2. The molecule has 0 amide bonds. The highest BCUT2D eigenvalue weighted by Gasteiger charge is 2.42. The summed E-state index contributed by atoms with van der Waals surface area (Å²) in [5.74, 6) is 2.16. The first-order valence-electron chi connectivity index (χ1n) is 12.6. The highest BCUT2D eigenvalue weighted by atomic mass is 16.7. The third kappa shape index (κ3) is 8.42. The fourth-order valence-corrected chi connectivity index (χ4v) is 4.91. The van der Waals surface area contributed by atoms with Crippen molar-refractivity contribution in [3.8, 4) is 11.5 Å². The van der Waals surface area contributed by atoms with E-state index in [0.29, 0.717) is 11.5 Å². The second kappa shape index (κ2) is 12.1. The van der Waals surface area contributed by atoms with Gasteiger partial charge in [-0.1, -0.05) is 73.1 Å². The van der Waals surface area contributed by atoms with Gasteiger partial charge in [0, 0.05) is 0 Å². The topological polar surface area (TPSA) is 44.8 Å². The van der Waals surface area contributed by atoms with Crippen molar-refractivity contribution in [1.29, 1.82) is 0 Å². The molecule has 0 heterocycles. The van der Waals surface area contributed by atoms with Gasteiger partial charge in [-0.25, -0.2) is 0 Å². The number of benzene rings is 1. The van der Waals surface area contributed by atoms with Crippen LogP contribution in [0.5, 0.6) is 11.5 Å². The summed E-state index contributed by atoms with van der Waals surface area (Å²) >= 11 is 0. The number of hydrogen-bond donors (Lipinski definition) is 0. The Morgan fingerprint density at radius 2 is 1.59 bits per heavy atom. The van der Waals surface area contributed by atoms with E-state index in [1.165, 1.54) is 32.1 Å². The molecule has 4 nitrogen and oxygen atoms in total. The number of carbonyl (C=O) groups excluding carboxylic acids is 1. The smallest absolute Gasteiger partial charge is 0.317 e. The Kier molecular flexibility index (Phi) is 10.1. The van der Waals surface area contributed by atoms with Crippen molar-refractivity contribution in [1.82, 2.24) is 0 Å². The predicted molar refractivity (Wildman–Crippen MR) is 131 cm³/mol. The van der Waals surface area contributed by atoms with Gasteiger partial charge in [0.1, 0.15) is 11.5 Å². The maximum atomic E-state index is 13.2. The molecular formula is C28H46O4.